The number of benzene rings is 2. The van der Waals surface area contributed by atoms with Crippen LogP contribution in [0.1, 0.15) is 71.8 Å². The topological polar surface area (TPSA) is 53.1 Å². The molecule has 0 aliphatic carbocycles. The third-order valence-corrected chi connectivity index (χ3v) is 7.17. The van der Waals surface area contributed by atoms with Crippen LogP contribution in [0.3, 0.4) is 0 Å². The molecule has 0 aromatic heterocycles. The first kappa shape index (κ1) is 25.4. The summed E-state index contributed by atoms with van der Waals surface area (Å²) in [6.45, 7) is 16.3. The minimum atomic E-state index is -0.257. The lowest BCUT2D eigenvalue weighted by Crippen LogP contribution is -2.43. The lowest BCUT2D eigenvalue weighted by atomic mass is 9.95. The van der Waals surface area contributed by atoms with E-state index in [4.69, 9.17) is 4.74 Å². The fraction of sp³-hybridized carbons (Fsp3) is 0.517. The summed E-state index contributed by atoms with van der Waals surface area (Å²) < 4.78 is 5.67. The van der Waals surface area contributed by atoms with Gasteiger partial charge in [0.25, 0.3) is 5.91 Å². The van der Waals surface area contributed by atoms with Crippen molar-refractivity contribution in [1.29, 1.82) is 0 Å². The fourth-order valence-corrected chi connectivity index (χ4v) is 4.82. The van der Waals surface area contributed by atoms with Crippen molar-refractivity contribution in [3.05, 3.63) is 63.7 Å². The number of fused-ring (bicyclic) bond motifs is 1. The second kappa shape index (κ2) is 10.5. The maximum Gasteiger partial charge on any atom is 0.313 e. The number of nitrogens with zero attached hydrogens (tertiary/aromatic N) is 3. The van der Waals surface area contributed by atoms with E-state index in [-0.39, 0.29) is 23.7 Å². The maximum absolute atomic E-state index is 13.6. The molecule has 6 heteroatoms. The van der Waals surface area contributed by atoms with Crippen molar-refractivity contribution in [3.63, 3.8) is 0 Å². The highest BCUT2D eigenvalue weighted by Crippen LogP contribution is 2.33. The molecular formula is C29H39N3O3. The van der Waals surface area contributed by atoms with Gasteiger partial charge in [-0.15, -0.1) is 0 Å². The van der Waals surface area contributed by atoms with Gasteiger partial charge in [-0.3, -0.25) is 14.5 Å². The van der Waals surface area contributed by atoms with Gasteiger partial charge < -0.3 is 14.5 Å². The molecule has 0 radical (unpaired) electrons. The van der Waals surface area contributed by atoms with Crippen LogP contribution in [0.4, 0.5) is 0 Å². The molecule has 1 amide bonds. The van der Waals surface area contributed by atoms with E-state index in [0.717, 1.165) is 43.9 Å². The van der Waals surface area contributed by atoms with E-state index in [1.165, 1.54) is 16.7 Å². The number of carbonyl (C=O) groups excluding carboxylic acids is 2. The van der Waals surface area contributed by atoms with Crippen LogP contribution in [0.2, 0.25) is 0 Å². The van der Waals surface area contributed by atoms with Crippen LogP contribution in [0.15, 0.2) is 30.3 Å². The zero-order chi connectivity index (χ0) is 25.3. The third kappa shape index (κ3) is 5.76. The van der Waals surface area contributed by atoms with Gasteiger partial charge in [0, 0.05) is 51.4 Å². The number of likely N-dealkylation sites (N-methyl/N-ethyl adjacent to an activating group) is 1. The number of hydrogen-bond acceptors (Lipinski definition) is 5. The summed E-state index contributed by atoms with van der Waals surface area (Å²) in [5.41, 5.74) is 6.19. The van der Waals surface area contributed by atoms with Crippen LogP contribution >= 0.6 is 0 Å². The standard InChI is InChI=1S/C29H39N3O3/c1-19(2)25-15-26(21(5)13-27(25)35-29(34)20(3)4)28(33)32-17-23-8-7-22(14-24(23)18-32)16-31-11-9-30(6)10-12-31/h7-8,13-15,19-20H,9-12,16-18H2,1-6H3. The van der Waals surface area contributed by atoms with E-state index in [9.17, 15) is 9.59 Å². The SMILES string of the molecule is Cc1cc(OC(=O)C(C)C)c(C(C)C)cc1C(=O)N1Cc2ccc(CN3CCN(C)CC3)cc2C1. The lowest BCUT2D eigenvalue weighted by Gasteiger charge is -2.32. The van der Waals surface area contributed by atoms with E-state index in [1.54, 1.807) is 0 Å². The quantitative estimate of drug-likeness (QED) is 0.450. The van der Waals surface area contributed by atoms with Crippen molar-refractivity contribution < 1.29 is 14.3 Å². The second-order valence-electron chi connectivity index (χ2n) is 10.8. The van der Waals surface area contributed by atoms with Gasteiger partial charge in [-0.2, -0.15) is 0 Å². The van der Waals surface area contributed by atoms with Crippen molar-refractivity contribution in [2.75, 3.05) is 33.2 Å². The van der Waals surface area contributed by atoms with Gasteiger partial charge in [0.1, 0.15) is 5.75 Å². The Kier molecular flexibility index (Phi) is 7.62. The van der Waals surface area contributed by atoms with Crippen molar-refractivity contribution in [1.82, 2.24) is 14.7 Å². The molecule has 0 saturated carbocycles. The summed E-state index contributed by atoms with van der Waals surface area (Å²) in [7, 11) is 2.18. The third-order valence-electron chi connectivity index (χ3n) is 7.17. The highest BCUT2D eigenvalue weighted by molar-refractivity contribution is 5.96. The highest BCUT2D eigenvalue weighted by Gasteiger charge is 2.27. The number of hydrogen-bond donors (Lipinski definition) is 0. The van der Waals surface area contributed by atoms with Gasteiger partial charge in [0.2, 0.25) is 0 Å². The van der Waals surface area contributed by atoms with Gasteiger partial charge in [0.15, 0.2) is 0 Å². The zero-order valence-electron chi connectivity index (χ0n) is 22.1. The van der Waals surface area contributed by atoms with Gasteiger partial charge in [-0.05, 0) is 59.8 Å². The average Bonchev–Trinajstić information content (AvgIpc) is 3.23. The minimum absolute atomic E-state index is 0.0305. The Morgan fingerprint density at radius 3 is 2.29 bits per heavy atom. The number of aryl methyl sites for hydroxylation is 1. The summed E-state index contributed by atoms with van der Waals surface area (Å²) in [5, 5.41) is 0. The largest absolute Gasteiger partial charge is 0.426 e. The van der Waals surface area contributed by atoms with E-state index in [1.807, 2.05) is 37.8 Å². The van der Waals surface area contributed by atoms with Crippen LogP contribution in [0.25, 0.3) is 0 Å². The smallest absolute Gasteiger partial charge is 0.313 e. The van der Waals surface area contributed by atoms with Crippen molar-refractivity contribution in [2.24, 2.45) is 5.92 Å². The Morgan fingerprint density at radius 2 is 1.63 bits per heavy atom. The summed E-state index contributed by atoms with van der Waals surface area (Å²) in [6, 6.07) is 10.5. The lowest BCUT2D eigenvalue weighted by molar-refractivity contribution is -0.137. The molecule has 2 aromatic carbocycles. The molecule has 1 saturated heterocycles. The summed E-state index contributed by atoms with van der Waals surface area (Å²) in [5.74, 6) is 0.257. The van der Waals surface area contributed by atoms with Crippen molar-refractivity contribution in [2.45, 2.75) is 60.2 Å². The molecule has 35 heavy (non-hydrogen) atoms. The molecular weight excluding hydrogens is 438 g/mol. The highest BCUT2D eigenvalue weighted by atomic mass is 16.5. The predicted molar refractivity (Wildman–Crippen MR) is 139 cm³/mol. The van der Waals surface area contributed by atoms with Crippen LogP contribution in [0.5, 0.6) is 5.75 Å². The Hall–Kier alpha value is -2.70. The molecule has 2 aliphatic rings. The van der Waals surface area contributed by atoms with Crippen LogP contribution < -0.4 is 4.74 Å². The van der Waals surface area contributed by atoms with Crippen LogP contribution in [0, 0.1) is 12.8 Å². The molecule has 0 spiro atoms. The molecule has 4 rings (SSSR count). The second-order valence-corrected chi connectivity index (χ2v) is 10.8. The van der Waals surface area contributed by atoms with E-state index in [0.29, 0.717) is 24.4 Å². The monoisotopic (exact) mass is 477 g/mol. The van der Waals surface area contributed by atoms with Crippen LogP contribution in [-0.2, 0) is 24.4 Å². The van der Waals surface area contributed by atoms with Crippen LogP contribution in [-0.4, -0.2) is 59.8 Å². The Bertz CT molecular complexity index is 1100. The molecule has 2 heterocycles. The first-order valence-electron chi connectivity index (χ1n) is 12.8. The normalized spacial score (nSPS) is 16.7. The molecule has 0 bridgehead atoms. The van der Waals surface area contributed by atoms with Gasteiger partial charge in [0.05, 0.1) is 5.92 Å². The molecule has 0 atom stereocenters. The molecule has 0 unspecified atom stereocenters. The minimum Gasteiger partial charge on any atom is -0.426 e. The number of amides is 1. The van der Waals surface area contributed by atoms with E-state index in [2.05, 4.69) is 48.9 Å². The Morgan fingerprint density at radius 1 is 0.943 bits per heavy atom. The first-order chi connectivity index (χ1) is 16.6. The zero-order valence-corrected chi connectivity index (χ0v) is 22.1. The number of rotatable bonds is 6. The van der Waals surface area contributed by atoms with Crippen molar-refractivity contribution >= 4 is 11.9 Å². The predicted octanol–water partition coefficient (Wildman–Crippen LogP) is 4.58. The Labute approximate surface area is 209 Å². The molecule has 2 aliphatic heterocycles. The molecule has 6 nitrogen and oxygen atoms in total. The van der Waals surface area contributed by atoms with Gasteiger partial charge >= 0.3 is 5.97 Å². The van der Waals surface area contributed by atoms with Gasteiger partial charge in [-0.1, -0.05) is 45.9 Å². The molecule has 0 N–H and O–H groups in total. The Balaban J connectivity index is 1.49. The summed E-state index contributed by atoms with van der Waals surface area (Å²) in [4.78, 5) is 32.6. The fourth-order valence-electron chi connectivity index (χ4n) is 4.82. The maximum atomic E-state index is 13.6. The van der Waals surface area contributed by atoms with Crippen molar-refractivity contribution in [3.8, 4) is 5.75 Å². The van der Waals surface area contributed by atoms with E-state index < -0.39 is 0 Å². The molecule has 188 valence electrons. The molecule has 2 aromatic rings. The summed E-state index contributed by atoms with van der Waals surface area (Å²) in [6.07, 6.45) is 0. The summed E-state index contributed by atoms with van der Waals surface area (Å²) >= 11 is 0. The number of esters is 1. The first-order valence-corrected chi connectivity index (χ1v) is 12.8. The number of carbonyl (C=O) groups is 2. The molecule has 1 fully saturated rings. The number of piperazine rings is 1. The number of ether oxygens (including phenoxy) is 1. The van der Waals surface area contributed by atoms with Gasteiger partial charge in [-0.25, -0.2) is 0 Å². The average molecular weight is 478 g/mol. The van der Waals surface area contributed by atoms with E-state index >= 15 is 0 Å².